The molecule has 0 aromatic rings. The Labute approximate surface area is 109 Å². The zero-order valence-corrected chi connectivity index (χ0v) is 11.3. The molecule has 0 unspecified atom stereocenters. The largest absolute Gasteiger partial charge is 0.355 e. The number of hydrogen-bond donors (Lipinski definition) is 5. The van der Waals surface area contributed by atoms with Gasteiger partial charge in [0, 0.05) is 52.4 Å². The summed E-state index contributed by atoms with van der Waals surface area (Å²) >= 11 is 9.14. The highest BCUT2D eigenvalue weighted by Gasteiger charge is 2.03. The van der Waals surface area contributed by atoms with Crippen LogP contribution < -0.4 is 22.1 Å². The van der Waals surface area contributed by atoms with Gasteiger partial charge >= 0.3 is 0 Å². The van der Waals surface area contributed by atoms with Crippen LogP contribution >= 0.6 is 24.8 Å². The van der Waals surface area contributed by atoms with E-state index in [4.69, 9.17) is 23.7 Å². The van der Waals surface area contributed by atoms with E-state index in [1.165, 1.54) is 0 Å². The maximum atomic E-state index is 5.47. The zero-order chi connectivity index (χ0) is 12.2. The Balaban J connectivity index is 3.37. The van der Waals surface area contributed by atoms with Crippen molar-refractivity contribution in [2.75, 3.05) is 52.4 Å². The number of nitrogens with one attached hydrogen (secondary N) is 2. The Morgan fingerprint density at radius 3 is 2.12 bits per heavy atom. The summed E-state index contributed by atoms with van der Waals surface area (Å²) in [6.45, 7) is 6.48. The molecule has 5 nitrogen and oxygen atoms in total. The molecule has 0 aliphatic rings. The number of nitrogens with two attached hydrogens (primary N) is 2. The summed E-state index contributed by atoms with van der Waals surface area (Å²) < 4.78 is 0.605. The van der Waals surface area contributed by atoms with Crippen LogP contribution in [0.25, 0.3) is 0 Å². The molecule has 0 aliphatic carbocycles. The van der Waals surface area contributed by atoms with Gasteiger partial charge < -0.3 is 27.0 Å². The van der Waals surface area contributed by atoms with E-state index < -0.39 is 0 Å². The van der Waals surface area contributed by atoms with Gasteiger partial charge in [0.1, 0.15) is 4.32 Å². The summed E-state index contributed by atoms with van der Waals surface area (Å²) in [7, 11) is 0. The van der Waals surface area contributed by atoms with Crippen LogP contribution in [0, 0.1) is 0 Å². The van der Waals surface area contributed by atoms with E-state index in [2.05, 4.69) is 23.3 Å². The molecule has 0 aromatic heterocycles. The summed E-state index contributed by atoms with van der Waals surface area (Å²) in [6, 6.07) is 0. The minimum absolute atomic E-state index is 0.596. The van der Waals surface area contributed by atoms with Crippen LogP contribution in [-0.4, -0.2) is 61.6 Å². The lowest BCUT2D eigenvalue weighted by Crippen LogP contribution is -2.39. The Kier molecular flexibility index (Phi) is 11.6. The smallest absolute Gasteiger partial charge is 0.133 e. The first kappa shape index (κ1) is 16.1. The quantitative estimate of drug-likeness (QED) is 0.190. The van der Waals surface area contributed by atoms with Crippen LogP contribution in [-0.2, 0) is 0 Å². The second-order valence-electron chi connectivity index (χ2n) is 3.35. The molecule has 16 heavy (non-hydrogen) atoms. The third-order valence-corrected chi connectivity index (χ3v) is 2.57. The summed E-state index contributed by atoms with van der Waals surface area (Å²) in [5.74, 6) is 0. The van der Waals surface area contributed by atoms with Crippen molar-refractivity contribution >= 4 is 29.2 Å². The minimum atomic E-state index is 0.596. The number of thiol groups is 1. The van der Waals surface area contributed by atoms with Crippen molar-refractivity contribution in [2.24, 2.45) is 11.5 Å². The standard InChI is InChI=1S/C9H23N5S2/c10-1-3-12-4-5-13-6-8-14(7-2-11)9(15)16/h12-13H,1-8,10-11H2,(H,15,16). The number of hydrogen-bond acceptors (Lipinski definition) is 5. The second kappa shape index (κ2) is 11.6. The molecule has 0 aromatic carbocycles. The van der Waals surface area contributed by atoms with Crippen LogP contribution in [0.2, 0.25) is 0 Å². The molecule has 96 valence electrons. The average Bonchev–Trinajstić information content (AvgIpc) is 2.26. The molecule has 0 bridgehead atoms. The summed E-state index contributed by atoms with van der Waals surface area (Å²) in [5, 5.41) is 6.52. The molecule has 0 radical (unpaired) electrons. The van der Waals surface area contributed by atoms with Gasteiger partial charge in [-0.25, -0.2) is 0 Å². The molecule has 0 rings (SSSR count). The Morgan fingerprint density at radius 1 is 1.00 bits per heavy atom. The van der Waals surface area contributed by atoms with E-state index >= 15 is 0 Å². The highest BCUT2D eigenvalue weighted by Crippen LogP contribution is 1.94. The van der Waals surface area contributed by atoms with Crippen molar-refractivity contribution in [2.45, 2.75) is 0 Å². The Morgan fingerprint density at radius 2 is 1.62 bits per heavy atom. The van der Waals surface area contributed by atoms with Crippen molar-refractivity contribution < 1.29 is 0 Å². The van der Waals surface area contributed by atoms with Gasteiger partial charge in [0.2, 0.25) is 0 Å². The van der Waals surface area contributed by atoms with Crippen LogP contribution in [0.3, 0.4) is 0 Å². The molecule has 0 saturated heterocycles. The summed E-state index contributed by atoms with van der Waals surface area (Å²) in [5.41, 5.74) is 10.8. The highest BCUT2D eigenvalue weighted by molar-refractivity contribution is 8.10. The fourth-order valence-electron chi connectivity index (χ4n) is 1.20. The Hall–Kier alpha value is 0.0800. The minimum Gasteiger partial charge on any atom is -0.355 e. The van der Waals surface area contributed by atoms with Gasteiger partial charge in [-0.3, -0.25) is 0 Å². The molecule has 0 saturated carbocycles. The first-order chi connectivity index (χ1) is 7.72. The predicted octanol–water partition coefficient (Wildman–Crippen LogP) is -1.40. The van der Waals surface area contributed by atoms with Gasteiger partial charge in [0.05, 0.1) is 0 Å². The van der Waals surface area contributed by atoms with Gasteiger partial charge in [0.25, 0.3) is 0 Å². The highest BCUT2D eigenvalue weighted by atomic mass is 32.1. The van der Waals surface area contributed by atoms with Crippen molar-refractivity contribution in [3.05, 3.63) is 0 Å². The van der Waals surface area contributed by atoms with Gasteiger partial charge in [-0.2, -0.15) is 0 Å². The molecular weight excluding hydrogens is 242 g/mol. The molecule has 0 amide bonds. The van der Waals surface area contributed by atoms with E-state index in [0.717, 1.165) is 39.3 Å². The van der Waals surface area contributed by atoms with Gasteiger partial charge in [-0.15, -0.1) is 12.6 Å². The average molecular weight is 265 g/mol. The normalized spacial score (nSPS) is 10.4. The maximum Gasteiger partial charge on any atom is 0.133 e. The summed E-state index contributed by atoms with van der Waals surface area (Å²) in [6.07, 6.45) is 0. The third-order valence-electron chi connectivity index (χ3n) is 2.03. The third kappa shape index (κ3) is 9.32. The van der Waals surface area contributed by atoms with E-state index in [-0.39, 0.29) is 0 Å². The zero-order valence-electron chi connectivity index (χ0n) is 9.61. The number of thiocarbonyl (C=S) groups is 1. The van der Waals surface area contributed by atoms with Crippen LogP contribution in [0.1, 0.15) is 0 Å². The second-order valence-corrected chi connectivity index (χ2v) is 4.46. The number of nitrogens with zero attached hydrogens (tertiary/aromatic N) is 1. The van der Waals surface area contributed by atoms with E-state index in [1.807, 2.05) is 4.90 Å². The monoisotopic (exact) mass is 265 g/mol. The molecule has 0 spiro atoms. The van der Waals surface area contributed by atoms with E-state index in [9.17, 15) is 0 Å². The lowest BCUT2D eigenvalue weighted by molar-refractivity contribution is 0.430. The van der Waals surface area contributed by atoms with E-state index in [0.29, 0.717) is 17.4 Å². The first-order valence-corrected chi connectivity index (χ1v) is 6.37. The van der Waals surface area contributed by atoms with Gasteiger partial charge in [0.15, 0.2) is 0 Å². The molecule has 6 N–H and O–H groups in total. The van der Waals surface area contributed by atoms with Crippen molar-refractivity contribution in [3.63, 3.8) is 0 Å². The van der Waals surface area contributed by atoms with Crippen LogP contribution in [0.5, 0.6) is 0 Å². The van der Waals surface area contributed by atoms with Crippen LogP contribution in [0.15, 0.2) is 0 Å². The molecular formula is C9H23N5S2. The topological polar surface area (TPSA) is 79.3 Å². The maximum absolute atomic E-state index is 5.47. The fourth-order valence-corrected chi connectivity index (χ4v) is 1.58. The predicted molar refractivity (Wildman–Crippen MR) is 77.0 cm³/mol. The van der Waals surface area contributed by atoms with Gasteiger partial charge in [-0.05, 0) is 0 Å². The molecule has 0 aliphatic heterocycles. The van der Waals surface area contributed by atoms with Gasteiger partial charge in [-0.1, -0.05) is 12.2 Å². The lowest BCUT2D eigenvalue weighted by Gasteiger charge is -2.21. The number of rotatable bonds is 10. The first-order valence-electron chi connectivity index (χ1n) is 5.51. The van der Waals surface area contributed by atoms with E-state index in [1.54, 1.807) is 0 Å². The molecule has 0 fully saturated rings. The van der Waals surface area contributed by atoms with Crippen molar-refractivity contribution in [1.29, 1.82) is 0 Å². The SMILES string of the molecule is NCCNCCNCCN(CCN)C(=S)S. The lowest BCUT2D eigenvalue weighted by atomic mass is 10.5. The molecule has 7 heteroatoms. The Bertz CT molecular complexity index is 179. The van der Waals surface area contributed by atoms with Crippen molar-refractivity contribution in [3.8, 4) is 0 Å². The van der Waals surface area contributed by atoms with Crippen molar-refractivity contribution in [1.82, 2.24) is 15.5 Å². The van der Waals surface area contributed by atoms with Crippen LogP contribution in [0.4, 0.5) is 0 Å². The summed E-state index contributed by atoms with van der Waals surface area (Å²) in [4.78, 5) is 1.98. The molecule has 0 heterocycles. The fraction of sp³-hybridized carbons (Fsp3) is 0.889. The molecule has 0 atom stereocenters.